The van der Waals surface area contributed by atoms with Gasteiger partial charge in [0.05, 0.1) is 0 Å². The number of hydrogen-bond acceptors (Lipinski definition) is 0. The third kappa shape index (κ3) is 19.8. The minimum absolute atomic E-state index is 0.957. The molecular weight excluding hydrogens is 288 g/mol. The largest absolute Gasteiger partial charge is 0.0885 e. The van der Waals surface area contributed by atoms with E-state index in [0.29, 0.717) is 0 Å². The number of hydrogen-bond donors (Lipinski definition) is 0. The number of unbranched alkanes of at least 4 members (excludes halogenated alkanes) is 13. The summed E-state index contributed by atoms with van der Waals surface area (Å²) in [5.41, 5.74) is 0. The van der Waals surface area contributed by atoms with Crippen molar-refractivity contribution >= 4 is 0 Å². The van der Waals surface area contributed by atoms with E-state index in [-0.39, 0.29) is 0 Å². The summed E-state index contributed by atoms with van der Waals surface area (Å²) in [5, 5.41) is 0. The van der Waals surface area contributed by atoms with Crippen molar-refractivity contribution in [2.24, 2.45) is 5.92 Å². The van der Waals surface area contributed by atoms with Gasteiger partial charge in [0.15, 0.2) is 0 Å². The maximum Gasteiger partial charge on any atom is -0.0351 e. The molecule has 1 unspecified atom stereocenters. The molecule has 0 heterocycles. The van der Waals surface area contributed by atoms with Crippen LogP contribution in [0, 0.1) is 5.92 Å². The second-order valence-corrected chi connectivity index (χ2v) is 7.97. The summed E-state index contributed by atoms with van der Waals surface area (Å²) < 4.78 is 0. The molecule has 0 nitrogen and oxygen atoms in total. The van der Waals surface area contributed by atoms with Crippen molar-refractivity contribution in [2.45, 2.75) is 136 Å². The van der Waals surface area contributed by atoms with E-state index in [1.54, 1.807) is 0 Å². The summed E-state index contributed by atoms with van der Waals surface area (Å²) in [4.78, 5) is 0. The van der Waals surface area contributed by atoms with Crippen LogP contribution < -0.4 is 0 Å². The molecule has 0 saturated heterocycles. The van der Waals surface area contributed by atoms with Gasteiger partial charge >= 0.3 is 0 Å². The predicted molar refractivity (Wildman–Crippen MR) is 113 cm³/mol. The number of rotatable bonds is 19. The molecule has 0 spiro atoms. The first kappa shape index (κ1) is 23.7. The lowest BCUT2D eigenvalue weighted by Gasteiger charge is -2.09. The Morgan fingerprint density at radius 1 is 0.500 bits per heavy atom. The Kier molecular flexibility index (Phi) is 20.6. The fourth-order valence-electron chi connectivity index (χ4n) is 3.55. The summed E-state index contributed by atoms with van der Waals surface area (Å²) in [6.07, 6.45) is 30.4. The zero-order valence-electron chi connectivity index (χ0n) is 17.5. The molecule has 0 aliphatic carbocycles. The lowest BCUT2D eigenvalue weighted by molar-refractivity contribution is 0.450. The van der Waals surface area contributed by atoms with Crippen molar-refractivity contribution in [1.29, 1.82) is 0 Å². The topological polar surface area (TPSA) is 0 Å². The second kappa shape index (κ2) is 20.8. The molecule has 0 amide bonds. The maximum absolute atomic E-state index is 2.43. The average molecular weight is 337 g/mol. The van der Waals surface area contributed by atoms with Gasteiger partial charge in [-0.1, -0.05) is 123 Å². The fraction of sp³-hybridized carbons (Fsp3) is 0.917. The van der Waals surface area contributed by atoms with Gasteiger partial charge in [0.1, 0.15) is 0 Å². The van der Waals surface area contributed by atoms with Crippen LogP contribution in [0.2, 0.25) is 0 Å². The van der Waals surface area contributed by atoms with Crippen LogP contribution in [0.5, 0.6) is 0 Å². The highest BCUT2D eigenvalue weighted by atomic mass is 14.1. The first-order valence-corrected chi connectivity index (χ1v) is 11.5. The van der Waals surface area contributed by atoms with Crippen molar-refractivity contribution in [1.82, 2.24) is 0 Å². The van der Waals surface area contributed by atoms with Crippen LogP contribution in [-0.2, 0) is 0 Å². The molecule has 0 radical (unpaired) electrons. The van der Waals surface area contributed by atoms with Gasteiger partial charge in [0.2, 0.25) is 0 Å². The molecule has 0 aromatic carbocycles. The summed E-state index contributed by atoms with van der Waals surface area (Å²) in [5.74, 6) is 0.957. The van der Waals surface area contributed by atoms with E-state index < -0.39 is 0 Å². The second-order valence-electron chi connectivity index (χ2n) is 7.97. The molecule has 0 saturated carbocycles. The van der Waals surface area contributed by atoms with Crippen LogP contribution in [0.3, 0.4) is 0 Å². The summed E-state index contributed by atoms with van der Waals surface area (Å²) in [6, 6.07) is 0. The summed E-state index contributed by atoms with van der Waals surface area (Å²) >= 11 is 0. The van der Waals surface area contributed by atoms with Gasteiger partial charge < -0.3 is 0 Å². The molecule has 0 aliphatic heterocycles. The van der Waals surface area contributed by atoms with Crippen LogP contribution in [0.1, 0.15) is 136 Å². The normalized spacial score (nSPS) is 13.0. The molecular formula is C24H48. The van der Waals surface area contributed by atoms with E-state index in [1.807, 2.05) is 0 Å². The van der Waals surface area contributed by atoms with Crippen LogP contribution in [0.15, 0.2) is 12.2 Å². The SMILES string of the molecule is CCCCCCCC/C=C/CCCCCCCCCC(C)CCC. The molecule has 144 valence electrons. The lowest BCUT2D eigenvalue weighted by atomic mass is 9.98. The van der Waals surface area contributed by atoms with Crippen molar-refractivity contribution in [2.75, 3.05) is 0 Å². The van der Waals surface area contributed by atoms with E-state index in [0.717, 1.165) is 5.92 Å². The Hall–Kier alpha value is -0.260. The minimum atomic E-state index is 0.957. The predicted octanol–water partition coefficient (Wildman–Crippen LogP) is 9.24. The molecule has 0 fully saturated rings. The lowest BCUT2D eigenvalue weighted by Crippen LogP contribution is -1.93. The Bertz CT molecular complexity index is 240. The van der Waals surface area contributed by atoms with Gasteiger partial charge in [-0.15, -0.1) is 0 Å². The van der Waals surface area contributed by atoms with Crippen LogP contribution >= 0.6 is 0 Å². The Morgan fingerprint density at radius 2 is 0.958 bits per heavy atom. The monoisotopic (exact) mass is 336 g/mol. The van der Waals surface area contributed by atoms with E-state index >= 15 is 0 Å². The van der Waals surface area contributed by atoms with Gasteiger partial charge in [0.25, 0.3) is 0 Å². The summed E-state index contributed by atoms with van der Waals surface area (Å²) in [6.45, 7) is 7.02. The highest BCUT2D eigenvalue weighted by molar-refractivity contribution is 4.81. The standard InChI is InChI=1S/C24H48/c1-4-6-7-8-9-10-11-12-13-14-15-16-17-18-19-20-21-23-24(3)22-5-2/h12-13,24H,4-11,14-23H2,1-3H3/b13-12+. The van der Waals surface area contributed by atoms with Crippen LogP contribution in [-0.4, -0.2) is 0 Å². The van der Waals surface area contributed by atoms with Crippen LogP contribution in [0.4, 0.5) is 0 Å². The Morgan fingerprint density at radius 3 is 1.46 bits per heavy atom. The van der Waals surface area contributed by atoms with Crippen molar-refractivity contribution in [3.8, 4) is 0 Å². The zero-order valence-corrected chi connectivity index (χ0v) is 17.5. The molecule has 1 atom stereocenters. The van der Waals surface area contributed by atoms with Gasteiger partial charge in [0, 0.05) is 0 Å². The molecule has 0 N–H and O–H groups in total. The molecule has 0 heteroatoms. The summed E-state index contributed by atoms with van der Waals surface area (Å²) in [7, 11) is 0. The first-order valence-electron chi connectivity index (χ1n) is 11.5. The zero-order chi connectivity index (χ0) is 17.7. The van der Waals surface area contributed by atoms with Crippen molar-refractivity contribution in [3.63, 3.8) is 0 Å². The minimum Gasteiger partial charge on any atom is -0.0885 e. The third-order valence-corrected chi connectivity index (χ3v) is 5.24. The molecule has 0 aliphatic rings. The highest BCUT2D eigenvalue weighted by Crippen LogP contribution is 2.16. The third-order valence-electron chi connectivity index (χ3n) is 5.24. The van der Waals surface area contributed by atoms with E-state index in [2.05, 4.69) is 32.9 Å². The van der Waals surface area contributed by atoms with Crippen molar-refractivity contribution in [3.05, 3.63) is 12.2 Å². The van der Waals surface area contributed by atoms with Crippen LogP contribution in [0.25, 0.3) is 0 Å². The van der Waals surface area contributed by atoms with E-state index in [1.165, 1.54) is 116 Å². The molecule has 0 rings (SSSR count). The Labute approximate surface area is 154 Å². The van der Waals surface area contributed by atoms with Gasteiger partial charge in [-0.2, -0.15) is 0 Å². The maximum atomic E-state index is 2.43. The molecule has 0 aromatic rings. The smallest absolute Gasteiger partial charge is 0.0351 e. The average Bonchev–Trinajstić information content (AvgIpc) is 2.58. The Balaban J connectivity index is 3.10. The van der Waals surface area contributed by atoms with Gasteiger partial charge in [-0.05, 0) is 31.6 Å². The van der Waals surface area contributed by atoms with E-state index in [9.17, 15) is 0 Å². The first-order chi connectivity index (χ1) is 11.8. The van der Waals surface area contributed by atoms with E-state index in [4.69, 9.17) is 0 Å². The van der Waals surface area contributed by atoms with Crippen molar-refractivity contribution < 1.29 is 0 Å². The van der Waals surface area contributed by atoms with Gasteiger partial charge in [-0.25, -0.2) is 0 Å². The highest BCUT2D eigenvalue weighted by Gasteiger charge is 1.99. The quantitative estimate of drug-likeness (QED) is 0.163. The molecule has 24 heavy (non-hydrogen) atoms. The van der Waals surface area contributed by atoms with Gasteiger partial charge in [-0.3, -0.25) is 0 Å². The molecule has 0 bridgehead atoms. The fourth-order valence-corrected chi connectivity index (χ4v) is 3.55. The number of allylic oxidation sites excluding steroid dienone is 2. The molecule has 0 aromatic heterocycles.